The molecule has 0 spiro atoms. The van der Waals surface area contributed by atoms with E-state index in [-0.39, 0.29) is 17.4 Å². The highest BCUT2D eigenvalue weighted by molar-refractivity contribution is 5.82. The summed E-state index contributed by atoms with van der Waals surface area (Å²) in [6.07, 6.45) is 7.78. The van der Waals surface area contributed by atoms with E-state index in [1.807, 2.05) is 29.8 Å². The van der Waals surface area contributed by atoms with Gasteiger partial charge in [0.15, 0.2) is 0 Å². The zero-order chi connectivity index (χ0) is 18.7. The zero-order valence-corrected chi connectivity index (χ0v) is 16.2. The molecule has 1 aliphatic rings. The van der Waals surface area contributed by atoms with Crippen molar-refractivity contribution in [2.45, 2.75) is 39.7 Å². The van der Waals surface area contributed by atoms with Crippen molar-refractivity contribution in [3.05, 3.63) is 24.7 Å². The van der Waals surface area contributed by atoms with Crippen LogP contribution in [0.1, 0.15) is 33.6 Å². The first-order valence-corrected chi connectivity index (χ1v) is 9.39. The molecule has 1 fully saturated rings. The molecule has 2 aromatic rings. The molecule has 3 rings (SSSR count). The van der Waals surface area contributed by atoms with E-state index < -0.39 is 0 Å². The number of hydrogen-bond acceptors (Lipinski definition) is 5. The first-order chi connectivity index (χ1) is 12.4. The molecule has 1 amide bonds. The van der Waals surface area contributed by atoms with E-state index in [2.05, 4.69) is 46.4 Å². The third kappa shape index (κ3) is 4.15. The lowest BCUT2D eigenvalue weighted by atomic mass is 9.74. The minimum Gasteiger partial charge on any atom is -0.368 e. The fourth-order valence-corrected chi connectivity index (χ4v) is 3.56. The first kappa shape index (κ1) is 18.6. The number of nitrogens with one attached hydrogen (secondary N) is 2. The summed E-state index contributed by atoms with van der Waals surface area (Å²) >= 11 is 0. The van der Waals surface area contributed by atoms with E-state index >= 15 is 0 Å². The minimum atomic E-state index is -0.365. The van der Waals surface area contributed by atoms with Crippen LogP contribution >= 0.6 is 0 Å². The topological polar surface area (TPSA) is 74.6 Å². The molecule has 142 valence electrons. The van der Waals surface area contributed by atoms with E-state index in [0.717, 1.165) is 31.7 Å². The number of likely N-dealkylation sites (tertiary alicyclic amines) is 1. The number of aromatic nitrogens is 3. The van der Waals surface area contributed by atoms with Crippen molar-refractivity contribution in [2.24, 2.45) is 11.3 Å². The Bertz CT molecular complexity index is 755. The Hall–Kier alpha value is -2.15. The number of carbonyl (C=O) groups is 1. The highest BCUT2D eigenvalue weighted by Crippen LogP contribution is 2.33. The molecule has 0 saturated carbocycles. The molecule has 7 nitrogen and oxygen atoms in total. The van der Waals surface area contributed by atoms with Crippen molar-refractivity contribution >= 4 is 17.5 Å². The summed E-state index contributed by atoms with van der Waals surface area (Å²) < 4.78 is 1.86. The van der Waals surface area contributed by atoms with Gasteiger partial charge in [-0.3, -0.25) is 9.20 Å². The molecule has 2 N–H and O–H groups in total. The van der Waals surface area contributed by atoms with Gasteiger partial charge in [-0.15, -0.1) is 0 Å². The number of hydrogen-bond donors (Lipinski definition) is 2. The van der Waals surface area contributed by atoms with Crippen LogP contribution in [-0.2, 0) is 4.79 Å². The van der Waals surface area contributed by atoms with Crippen LogP contribution in [0.2, 0.25) is 0 Å². The molecule has 0 bridgehead atoms. The minimum absolute atomic E-state index is 0.0147. The van der Waals surface area contributed by atoms with Gasteiger partial charge in [0.25, 0.3) is 0 Å². The van der Waals surface area contributed by atoms with E-state index in [4.69, 9.17) is 0 Å². The normalized spacial score (nSPS) is 20.1. The molecule has 7 heteroatoms. The quantitative estimate of drug-likeness (QED) is 0.826. The van der Waals surface area contributed by atoms with Crippen LogP contribution in [-0.4, -0.2) is 57.9 Å². The average molecular weight is 358 g/mol. The second-order valence-corrected chi connectivity index (χ2v) is 8.03. The Balaban J connectivity index is 1.53. The lowest BCUT2D eigenvalue weighted by Crippen LogP contribution is -2.50. The maximum atomic E-state index is 12.8. The molecule has 2 aromatic heterocycles. The van der Waals surface area contributed by atoms with Crippen LogP contribution in [0.15, 0.2) is 24.7 Å². The molecule has 1 saturated heterocycles. The van der Waals surface area contributed by atoms with Crippen molar-refractivity contribution in [2.75, 3.05) is 32.0 Å². The predicted octanol–water partition coefficient (Wildman–Crippen LogP) is 2.01. The lowest BCUT2D eigenvalue weighted by molar-refractivity contribution is -0.133. The number of piperidine rings is 1. The van der Waals surface area contributed by atoms with Crippen molar-refractivity contribution in [3.63, 3.8) is 0 Å². The van der Waals surface area contributed by atoms with Gasteiger partial charge in [-0.05, 0) is 45.3 Å². The fraction of sp³-hybridized carbons (Fsp3) is 0.632. The summed E-state index contributed by atoms with van der Waals surface area (Å²) in [5.41, 5.74) is -0.365. The van der Waals surface area contributed by atoms with Crippen LogP contribution in [0, 0.1) is 11.3 Å². The molecule has 0 radical (unpaired) electrons. The van der Waals surface area contributed by atoms with Crippen molar-refractivity contribution in [1.82, 2.24) is 24.6 Å². The predicted molar refractivity (Wildman–Crippen MR) is 103 cm³/mol. The molecule has 0 aliphatic carbocycles. The third-order valence-electron chi connectivity index (χ3n) is 5.46. The summed E-state index contributed by atoms with van der Waals surface area (Å²) in [4.78, 5) is 23.8. The Kier molecular flexibility index (Phi) is 5.46. The number of anilines is 1. The maximum Gasteiger partial charge on any atom is 0.235 e. The molecule has 26 heavy (non-hydrogen) atoms. The van der Waals surface area contributed by atoms with Crippen LogP contribution in [0.25, 0.3) is 5.78 Å². The van der Waals surface area contributed by atoms with Gasteiger partial charge in [0.05, 0.1) is 0 Å². The fourth-order valence-electron chi connectivity index (χ4n) is 3.56. The monoisotopic (exact) mass is 358 g/mol. The molecule has 1 unspecified atom stereocenters. The number of imidazole rings is 1. The molecule has 1 aliphatic heterocycles. The van der Waals surface area contributed by atoms with Crippen LogP contribution < -0.4 is 10.6 Å². The first-order valence-electron chi connectivity index (χ1n) is 9.39. The van der Waals surface area contributed by atoms with Gasteiger partial charge < -0.3 is 15.5 Å². The van der Waals surface area contributed by atoms with Crippen LogP contribution in [0.3, 0.4) is 0 Å². The SMILES string of the molecule is C[C@@H](CNc1ccn2ccnc2n1)NC(=O)C(C)(C)C1CCCN(C)C1. The Morgan fingerprint density at radius 1 is 1.42 bits per heavy atom. The number of carbonyl (C=O) groups excluding carboxylic acids is 1. The molecular formula is C19H30N6O. The highest BCUT2D eigenvalue weighted by Gasteiger charge is 2.38. The van der Waals surface area contributed by atoms with Crippen LogP contribution in [0.5, 0.6) is 0 Å². The van der Waals surface area contributed by atoms with Crippen molar-refractivity contribution < 1.29 is 4.79 Å². The van der Waals surface area contributed by atoms with Gasteiger partial charge in [0, 0.05) is 43.1 Å². The Morgan fingerprint density at radius 3 is 3.00 bits per heavy atom. The van der Waals surface area contributed by atoms with Gasteiger partial charge in [-0.25, -0.2) is 4.98 Å². The van der Waals surface area contributed by atoms with Crippen molar-refractivity contribution in [3.8, 4) is 0 Å². The standard InChI is InChI=1S/C19H30N6O/c1-14(12-21-16-7-10-25-11-8-20-18(25)23-16)22-17(26)19(2,3)15-6-5-9-24(4)13-15/h7-8,10-11,14-15H,5-6,9,12-13H2,1-4H3,(H,22,26)(H,20,21,23)/t14-,15?/m0/s1. The smallest absolute Gasteiger partial charge is 0.235 e. The average Bonchev–Trinajstić information content (AvgIpc) is 3.07. The summed E-state index contributed by atoms with van der Waals surface area (Å²) in [7, 11) is 2.14. The molecule has 0 aromatic carbocycles. The third-order valence-corrected chi connectivity index (χ3v) is 5.46. The number of rotatable bonds is 6. The van der Waals surface area contributed by atoms with Crippen LogP contribution in [0.4, 0.5) is 5.82 Å². The van der Waals surface area contributed by atoms with E-state index in [0.29, 0.717) is 18.2 Å². The van der Waals surface area contributed by atoms with Gasteiger partial charge in [0.1, 0.15) is 5.82 Å². The van der Waals surface area contributed by atoms with Crippen molar-refractivity contribution in [1.29, 1.82) is 0 Å². The van der Waals surface area contributed by atoms with Gasteiger partial charge >= 0.3 is 0 Å². The Morgan fingerprint density at radius 2 is 2.23 bits per heavy atom. The summed E-state index contributed by atoms with van der Waals surface area (Å²) in [6.45, 7) is 8.89. The number of nitrogens with zero attached hydrogens (tertiary/aromatic N) is 4. The second kappa shape index (κ2) is 7.61. The molecule has 3 heterocycles. The van der Waals surface area contributed by atoms with Gasteiger partial charge in [-0.1, -0.05) is 13.8 Å². The maximum absolute atomic E-state index is 12.8. The second-order valence-electron chi connectivity index (χ2n) is 8.03. The molecule has 2 atom stereocenters. The Labute approximate surface area is 155 Å². The number of fused-ring (bicyclic) bond motifs is 1. The summed E-state index contributed by atoms with van der Waals surface area (Å²) in [5, 5.41) is 6.45. The van der Waals surface area contributed by atoms with Gasteiger partial charge in [-0.2, -0.15) is 4.98 Å². The lowest BCUT2D eigenvalue weighted by Gasteiger charge is -2.39. The van der Waals surface area contributed by atoms with E-state index in [1.54, 1.807) is 6.20 Å². The molecular weight excluding hydrogens is 328 g/mol. The summed E-state index contributed by atoms with van der Waals surface area (Å²) in [6, 6.07) is 1.92. The van der Waals surface area contributed by atoms with E-state index in [1.165, 1.54) is 0 Å². The summed E-state index contributed by atoms with van der Waals surface area (Å²) in [5.74, 6) is 1.95. The van der Waals surface area contributed by atoms with E-state index in [9.17, 15) is 4.79 Å². The number of amides is 1. The van der Waals surface area contributed by atoms with Gasteiger partial charge in [0.2, 0.25) is 11.7 Å². The highest BCUT2D eigenvalue weighted by atomic mass is 16.2. The zero-order valence-electron chi connectivity index (χ0n) is 16.2. The largest absolute Gasteiger partial charge is 0.368 e.